The van der Waals surface area contributed by atoms with Crippen molar-refractivity contribution in [1.29, 1.82) is 0 Å². The summed E-state index contributed by atoms with van der Waals surface area (Å²) in [6, 6.07) is 0. The van der Waals surface area contributed by atoms with E-state index in [1.54, 1.807) is 0 Å². The molecule has 8 heteroatoms. The number of carbonyl (C=O) groups is 2. The molecule has 36 heavy (non-hydrogen) atoms. The van der Waals surface area contributed by atoms with Crippen LogP contribution in [0.25, 0.3) is 0 Å². The summed E-state index contributed by atoms with van der Waals surface area (Å²) in [6.45, 7) is 17.0. The molecule has 0 unspecified atom stereocenters. The number of thiol groups is 1. The summed E-state index contributed by atoms with van der Waals surface area (Å²) in [6.07, 6.45) is 9.77. The zero-order valence-corrected chi connectivity index (χ0v) is 25.1. The Kier molecular flexibility index (Phi) is 10.8. The first kappa shape index (κ1) is 31.4. The molecule has 0 radical (unpaired) electrons. The molecule has 210 valence electrons. The average Bonchev–Trinajstić information content (AvgIpc) is 2.71. The summed E-state index contributed by atoms with van der Waals surface area (Å²) >= 11 is 4.68. The Labute approximate surface area is 225 Å². The summed E-state index contributed by atoms with van der Waals surface area (Å²) in [5, 5.41) is 1.90. The first-order valence-electron chi connectivity index (χ1n) is 13.9. The highest BCUT2D eigenvalue weighted by Crippen LogP contribution is 2.41. The molecule has 0 aliphatic carbocycles. The van der Waals surface area contributed by atoms with Crippen molar-refractivity contribution >= 4 is 24.8 Å². The zero-order valence-electron chi connectivity index (χ0n) is 24.2. The van der Waals surface area contributed by atoms with Crippen LogP contribution in [-0.2, 0) is 19.1 Å². The Bertz CT molecular complexity index is 655. The topological polar surface area (TPSA) is 85.1 Å². The minimum absolute atomic E-state index is 0.0503. The van der Waals surface area contributed by atoms with Gasteiger partial charge in [0.05, 0.1) is 0 Å². The molecule has 2 heterocycles. The molecule has 0 aromatic carbocycles. The van der Waals surface area contributed by atoms with Gasteiger partial charge in [0.15, 0.2) is 0 Å². The second kappa shape index (κ2) is 12.4. The van der Waals surface area contributed by atoms with Crippen molar-refractivity contribution in [1.82, 2.24) is 9.31 Å². The fourth-order valence-corrected chi connectivity index (χ4v) is 6.45. The van der Waals surface area contributed by atoms with E-state index < -0.39 is 0 Å². The van der Waals surface area contributed by atoms with Gasteiger partial charge < -0.3 is 9.47 Å². The standard InChI is InChI=1S/C28H53N3O4S/c1-25(2)17-21(18-26(3,4)30(25)29)34-23(32)15-13-11-9-10-12-14-16-24(33)35-22-19-27(5,6)31(36)28(7,8)20-22/h21-22,36H,9-20,29H2,1-8H3. The van der Waals surface area contributed by atoms with Crippen molar-refractivity contribution in [2.45, 2.75) is 167 Å². The molecular weight excluding hydrogens is 474 g/mol. The molecule has 0 aromatic heterocycles. The third-order valence-corrected chi connectivity index (χ3v) is 9.05. The Morgan fingerprint density at radius 1 is 0.667 bits per heavy atom. The summed E-state index contributed by atoms with van der Waals surface area (Å²) < 4.78 is 13.7. The fourth-order valence-electron chi connectivity index (χ4n) is 6.28. The molecule has 0 saturated carbocycles. The second-order valence-corrected chi connectivity index (χ2v) is 14.0. The van der Waals surface area contributed by atoms with Gasteiger partial charge in [0.2, 0.25) is 0 Å². The molecule has 2 saturated heterocycles. The Balaban J connectivity index is 1.54. The Hall–Kier alpha value is -0.830. The number of nitrogens with two attached hydrogens (primary N) is 1. The zero-order chi connectivity index (χ0) is 27.4. The number of hydrogen-bond acceptors (Lipinski definition) is 8. The number of rotatable bonds is 11. The van der Waals surface area contributed by atoms with E-state index in [2.05, 4.69) is 72.5 Å². The summed E-state index contributed by atoms with van der Waals surface area (Å²) in [5.41, 5.74) is -0.623. The molecule has 2 rings (SSSR count). The number of esters is 2. The molecule has 2 aliphatic heterocycles. The maximum atomic E-state index is 12.4. The van der Waals surface area contributed by atoms with Crippen LogP contribution in [0.2, 0.25) is 0 Å². The number of nitrogens with zero attached hydrogens (tertiary/aromatic N) is 2. The summed E-state index contributed by atoms with van der Waals surface area (Å²) in [4.78, 5) is 24.7. The van der Waals surface area contributed by atoms with E-state index in [9.17, 15) is 9.59 Å². The van der Waals surface area contributed by atoms with Gasteiger partial charge >= 0.3 is 11.9 Å². The van der Waals surface area contributed by atoms with E-state index in [4.69, 9.17) is 15.3 Å². The lowest BCUT2D eigenvalue weighted by atomic mass is 9.80. The number of hydrazine groups is 1. The van der Waals surface area contributed by atoms with E-state index >= 15 is 0 Å². The largest absolute Gasteiger partial charge is 0.462 e. The number of carbonyl (C=O) groups excluding carboxylic acids is 2. The van der Waals surface area contributed by atoms with Crippen LogP contribution in [0.4, 0.5) is 0 Å². The van der Waals surface area contributed by atoms with Crippen LogP contribution >= 0.6 is 12.8 Å². The average molecular weight is 528 g/mol. The molecule has 0 bridgehead atoms. The first-order chi connectivity index (χ1) is 16.5. The lowest BCUT2D eigenvalue weighted by Crippen LogP contribution is -2.65. The number of unbranched alkanes of at least 4 members (excludes halogenated alkanes) is 5. The first-order valence-corrected chi connectivity index (χ1v) is 14.3. The molecule has 0 amide bonds. The lowest BCUT2D eigenvalue weighted by molar-refractivity contribution is -0.161. The molecule has 2 aliphatic rings. The Morgan fingerprint density at radius 2 is 0.972 bits per heavy atom. The third kappa shape index (κ3) is 8.88. The van der Waals surface area contributed by atoms with Crippen molar-refractivity contribution in [2.75, 3.05) is 0 Å². The van der Waals surface area contributed by atoms with Crippen LogP contribution in [0.1, 0.15) is 132 Å². The van der Waals surface area contributed by atoms with Crippen LogP contribution in [-0.4, -0.2) is 55.6 Å². The van der Waals surface area contributed by atoms with Gasteiger partial charge in [-0.15, -0.1) is 0 Å². The maximum Gasteiger partial charge on any atom is 0.306 e. The molecule has 0 atom stereocenters. The highest BCUT2D eigenvalue weighted by molar-refractivity contribution is 7.77. The van der Waals surface area contributed by atoms with Gasteiger partial charge in [0.25, 0.3) is 0 Å². The minimum atomic E-state index is -0.198. The van der Waals surface area contributed by atoms with E-state index in [1.165, 1.54) is 0 Å². The fraction of sp³-hybridized carbons (Fsp3) is 0.929. The van der Waals surface area contributed by atoms with Crippen molar-refractivity contribution in [3.05, 3.63) is 0 Å². The van der Waals surface area contributed by atoms with Gasteiger partial charge in [0.1, 0.15) is 12.2 Å². The highest BCUT2D eigenvalue weighted by atomic mass is 32.1. The van der Waals surface area contributed by atoms with E-state index in [-0.39, 0.29) is 46.3 Å². The molecule has 7 nitrogen and oxygen atoms in total. The quantitative estimate of drug-likeness (QED) is 0.148. The van der Waals surface area contributed by atoms with Crippen LogP contribution < -0.4 is 5.84 Å². The van der Waals surface area contributed by atoms with Crippen molar-refractivity contribution in [3.63, 3.8) is 0 Å². The molecule has 0 aromatic rings. The van der Waals surface area contributed by atoms with E-state index in [0.717, 1.165) is 64.2 Å². The van der Waals surface area contributed by atoms with Crippen molar-refractivity contribution in [3.8, 4) is 0 Å². The molecule has 2 fully saturated rings. The molecule has 2 N–H and O–H groups in total. The van der Waals surface area contributed by atoms with Gasteiger partial charge in [-0.3, -0.25) is 15.4 Å². The predicted molar refractivity (Wildman–Crippen MR) is 148 cm³/mol. The number of ether oxygens (including phenoxy) is 2. The SMILES string of the molecule is CC1(C)CC(OC(=O)CCCCCCCCC(=O)OC2CC(C)(C)N(S)C(C)(C)C2)CC(C)(C)N1N. The third-order valence-electron chi connectivity index (χ3n) is 7.97. The van der Waals surface area contributed by atoms with Crippen LogP contribution in [0.15, 0.2) is 0 Å². The van der Waals surface area contributed by atoms with E-state index in [0.29, 0.717) is 12.8 Å². The van der Waals surface area contributed by atoms with Gasteiger partial charge in [-0.2, -0.15) is 0 Å². The van der Waals surface area contributed by atoms with Gasteiger partial charge in [0, 0.05) is 60.7 Å². The number of piperidine rings is 2. The summed E-state index contributed by atoms with van der Waals surface area (Å²) in [5.74, 6) is 6.09. The normalized spacial score (nSPS) is 24.4. The smallest absolute Gasteiger partial charge is 0.306 e. The maximum absolute atomic E-state index is 12.4. The van der Waals surface area contributed by atoms with Crippen LogP contribution in [0.5, 0.6) is 0 Å². The molecule has 0 spiro atoms. The van der Waals surface area contributed by atoms with Crippen LogP contribution in [0, 0.1) is 0 Å². The predicted octanol–water partition coefficient (Wildman–Crippen LogP) is 5.96. The second-order valence-electron chi connectivity index (χ2n) is 13.6. The van der Waals surface area contributed by atoms with Crippen molar-refractivity contribution < 1.29 is 19.1 Å². The summed E-state index contributed by atoms with van der Waals surface area (Å²) in [7, 11) is 0. The monoisotopic (exact) mass is 527 g/mol. The van der Waals surface area contributed by atoms with Crippen LogP contribution in [0.3, 0.4) is 0 Å². The van der Waals surface area contributed by atoms with Gasteiger partial charge in [-0.05, 0) is 68.2 Å². The van der Waals surface area contributed by atoms with E-state index in [1.807, 2.05) is 5.01 Å². The highest BCUT2D eigenvalue weighted by Gasteiger charge is 2.46. The lowest BCUT2D eigenvalue weighted by Gasteiger charge is -2.52. The van der Waals surface area contributed by atoms with Gasteiger partial charge in [-0.25, -0.2) is 9.31 Å². The van der Waals surface area contributed by atoms with Crippen molar-refractivity contribution in [2.24, 2.45) is 5.84 Å². The van der Waals surface area contributed by atoms with Gasteiger partial charge in [-0.1, -0.05) is 38.5 Å². The number of hydrogen-bond donors (Lipinski definition) is 2. The Morgan fingerprint density at radius 3 is 1.33 bits per heavy atom. The molecular formula is C28H53N3O4S. The minimum Gasteiger partial charge on any atom is -0.462 e.